The van der Waals surface area contributed by atoms with E-state index in [1.165, 1.54) is 7.11 Å². The smallest absolute Gasteiger partial charge is 0.338 e. The van der Waals surface area contributed by atoms with Crippen LogP contribution in [0.1, 0.15) is 17.2 Å². The van der Waals surface area contributed by atoms with Gasteiger partial charge in [-0.05, 0) is 18.1 Å². The van der Waals surface area contributed by atoms with Crippen molar-refractivity contribution in [3.8, 4) is 0 Å². The predicted molar refractivity (Wildman–Crippen MR) is 50.8 cm³/mol. The zero-order valence-electron chi connectivity index (χ0n) is 8.19. The number of carbonyl (C=O) groups excluding carboxylic acids is 1. The van der Waals surface area contributed by atoms with Gasteiger partial charge in [-0.15, -0.1) is 0 Å². The van der Waals surface area contributed by atoms with E-state index >= 15 is 0 Å². The number of ether oxygens (including phenoxy) is 2. The Morgan fingerprint density at radius 3 is 2.79 bits per heavy atom. The van der Waals surface area contributed by atoms with Gasteiger partial charge < -0.3 is 9.47 Å². The van der Waals surface area contributed by atoms with Crippen molar-refractivity contribution < 1.29 is 14.3 Å². The Kier molecular flexibility index (Phi) is 2.25. The van der Waals surface area contributed by atoms with Gasteiger partial charge in [-0.3, -0.25) is 0 Å². The van der Waals surface area contributed by atoms with Crippen LogP contribution >= 0.6 is 0 Å². The molecular formula is C11H12O3. The van der Waals surface area contributed by atoms with Crippen molar-refractivity contribution in [1.82, 2.24) is 0 Å². The second-order valence-electron chi connectivity index (χ2n) is 3.36. The summed E-state index contributed by atoms with van der Waals surface area (Å²) in [6.45, 7) is 2.01. The lowest BCUT2D eigenvalue weighted by Gasteiger charge is -2.00. The lowest BCUT2D eigenvalue weighted by Crippen LogP contribution is -2.09. The van der Waals surface area contributed by atoms with Crippen molar-refractivity contribution in [3.63, 3.8) is 0 Å². The molecule has 0 radical (unpaired) electrons. The van der Waals surface area contributed by atoms with Crippen LogP contribution in [-0.4, -0.2) is 19.2 Å². The Labute approximate surface area is 82.6 Å². The van der Waals surface area contributed by atoms with Gasteiger partial charge in [0.25, 0.3) is 0 Å². The van der Waals surface area contributed by atoms with Crippen LogP contribution in [0.25, 0.3) is 0 Å². The van der Waals surface area contributed by atoms with Gasteiger partial charge in [0.2, 0.25) is 0 Å². The summed E-state index contributed by atoms with van der Waals surface area (Å²) < 4.78 is 9.86. The molecule has 2 atom stereocenters. The molecule has 0 aromatic heterocycles. The van der Waals surface area contributed by atoms with Crippen LogP contribution in [0, 0.1) is 6.92 Å². The first-order valence-electron chi connectivity index (χ1n) is 4.53. The third kappa shape index (κ3) is 1.51. The van der Waals surface area contributed by atoms with E-state index in [0.717, 1.165) is 11.1 Å². The fourth-order valence-electron chi connectivity index (χ4n) is 1.55. The zero-order chi connectivity index (χ0) is 10.1. The standard InChI is InChI=1S/C11H12O3/c1-7-5-3-4-6-8(7)9-10(14-9)11(12)13-2/h3-6,9-10H,1-2H3. The minimum atomic E-state index is -0.402. The topological polar surface area (TPSA) is 38.8 Å². The van der Waals surface area contributed by atoms with Gasteiger partial charge in [0.05, 0.1) is 7.11 Å². The highest BCUT2D eigenvalue weighted by atomic mass is 16.6. The summed E-state index contributed by atoms with van der Waals surface area (Å²) in [7, 11) is 1.37. The molecule has 3 nitrogen and oxygen atoms in total. The van der Waals surface area contributed by atoms with E-state index in [2.05, 4.69) is 4.74 Å². The maximum Gasteiger partial charge on any atom is 0.338 e. The van der Waals surface area contributed by atoms with Crippen LogP contribution in [0.2, 0.25) is 0 Å². The van der Waals surface area contributed by atoms with E-state index in [-0.39, 0.29) is 12.1 Å². The first-order chi connectivity index (χ1) is 6.74. The minimum absolute atomic E-state index is 0.108. The first-order valence-corrected chi connectivity index (χ1v) is 4.53. The number of hydrogen-bond acceptors (Lipinski definition) is 3. The molecule has 2 unspecified atom stereocenters. The highest BCUT2D eigenvalue weighted by Crippen LogP contribution is 2.40. The molecule has 1 aliphatic heterocycles. The second kappa shape index (κ2) is 3.42. The molecule has 0 aliphatic carbocycles. The Hall–Kier alpha value is -1.35. The van der Waals surface area contributed by atoms with Gasteiger partial charge in [0.15, 0.2) is 6.10 Å². The molecule has 1 heterocycles. The monoisotopic (exact) mass is 192 g/mol. The van der Waals surface area contributed by atoms with Crippen LogP contribution in [0.15, 0.2) is 24.3 Å². The molecule has 2 rings (SSSR count). The first kappa shape index (κ1) is 9.21. The number of hydrogen-bond donors (Lipinski definition) is 0. The van der Waals surface area contributed by atoms with E-state index in [1.807, 2.05) is 31.2 Å². The van der Waals surface area contributed by atoms with Crippen molar-refractivity contribution in [2.75, 3.05) is 7.11 Å². The van der Waals surface area contributed by atoms with Crippen LogP contribution in [0.4, 0.5) is 0 Å². The maximum absolute atomic E-state index is 11.1. The minimum Gasteiger partial charge on any atom is -0.467 e. The lowest BCUT2D eigenvalue weighted by molar-refractivity contribution is -0.142. The molecule has 1 saturated heterocycles. The molecule has 1 aromatic rings. The largest absolute Gasteiger partial charge is 0.467 e. The van der Waals surface area contributed by atoms with E-state index in [0.29, 0.717) is 0 Å². The molecule has 14 heavy (non-hydrogen) atoms. The number of methoxy groups -OCH3 is 1. The summed E-state index contributed by atoms with van der Waals surface area (Å²) in [4.78, 5) is 11.1. The van der Waals surface area contributed by atoms with Crippen molar-refractivity contribution in [2.24, 2.45) is 0 Å². The highest BCUT2D eigenvalue weighted by Gasteiger charge is 2.47. The molecule has 1 fully saturated rings. The second-order valence-corrected chi connectivity index (χ2v) is 3.36. The summed E-state index contributed by atoms with van der Waals surface area (Å²) in [6, 6.07) is 7.89. The van der Waals surface area contributed by atoms with Crippen molar-refractivity contribution in [2.45, 2.75) is 19.1 Å². The third-order valence-corrected chi connectivity index (χ3v) is 2.42. The number of esters is 1. The van der Waals surface area contributed by atoms with Crippen LogP contribution < -0.4 is 0 Å². The summed E-state index contributed by atoms with van der Waals surface area (Å²) >= 11 is 0. The molecule has 0 spiro atoms. The molecule has 1 aromatic carbocycles. The normalized spacial score (nSPS) is 24.4. The zero-order valence-corrected chi connectivity index (χ0v) is 8.19. The summed E-state index contributed by atoms with van der Waals surface area (Å²) in [5, 5.41) is 0. The van der Waals surface area contributed by atoms with Gasteiger partial charge in [0.1, 0.15) is 6.10 Å². The SMILES string of the molecule is COC(=O)C1OC1c1ccccc1C. The Balaban J connectivity index is 2.13. The fraction of sp³-hybridized carbons (Fsp3) is 0.364. The molecule has 74 valence electrons. The van der Waals surface area contributed by atoms with E-state index in [1.54, 1.807) is 0 Å². The quantitative estimate of drug-likeness (QED) is 0.527. The molecule has 0 amide bonds. The number of carbonyl (C=O) groups is 1. The Morgan fingerprint density at radius 1 is 1.43 bits per heavy atom. The van der Waals surface area contributed by atoms with Gasteiger partial charge in [-0.1, -0.05) is 24.3 Å². The molecule has 0 saturated carbocycles. The molecule has 0 N–H and O–H groups in total. The fourth-order valence-corrected chi connectivity index (χ4v) is 1.55. The molecule has 3 heteroatoms. The van der Waals surface area contributed by atoms with Crippen LogP contribution in [-0.2, 0) is 14.3 Å². The van der Waals surface area contributed by atoms with E-state index in [9.17, 15) is 4.79 Å². The predicted octanol–water partition coefficient (Wildman–Crippen LogP) is 1.61. The number of benzene rings is 1. The summed E-state index contributed by atoms with van der Waals surface area (Å²) in [6.07, 6.45) is -0.509. The lowest BCUT2D eigenvalue weighted by atomic mass is 10.0. The summed E-state index contributed by atoms with van der Waals surface area (Å²) in [5.74, 6) is -0.293. The van der Waals surface area contributed by atoms with Gasteiger partial charge in [0, 0.05) is 0 Å². The highest BCUT2D eigenvalue weighted by molar-refractivity contribution is 5.78. The van der Waals surface area contributed by atoms with Crippen molar-refractivity contribution in [1.29, 1.82) is 0 Å². The number of epoxide rings is 1. The van der Waals surface area contributed by atoms with E-state index < -0.39 is 6.10 Å². The van der Waals surface area contributed by atoms with Crippen molar-refractivity contribution >= 4 is 5.97 Å². The van der Waals surface area contributed by atoms with Gasteiger partial charge in [-0.25, -0.2) is 4.79 Å². The summed E-state index contributed by atoms with van der Waals surface area (Å²) in [5.41, 5.74) is 2.21. The maximum atomic E-state index is 11.1. The van der Waals surface area contributed by atoms with E-state index in [4.69, 9.17) is 4.74 Å². The van der Waals surface area contributed by atoms with Gasteiger partial charge in [-0.2, -0.15) is 0 Å². The average Bonchev–Trinajstić information content (AvgIpc) is 2.97. The number of aryl methyl sites for hydroxylation is 1. The molecule has 1 aliphatic rings. The van der Waals surface area contributed by atoms with Crippen LogP contribution in [0.5, 0.6) is 0 Å². The average molecular weight is 192 g/mol. The van der Waals surface area contributed by atoms with Gasteiger partial charge >= 0.3 is 5.97 Å². The van der Waals surface area contributed by atoms with Crippen molar-refractivity contribution in [3.05, 3.63) is 35.4 Å². The molecular weight excluding hydrogens is 180 g/mol. The van der Waals surface area contributed by atoms with Crippen LogP contribution in [0.3, 0.4) is 0 Å². The number of rotatable bonds is 2. The molecule has 0 bridgehead atoms. The third-order valence-electron chi connectivity index (χ3n) is 2.42. The Bertz CT molecular complexity index is 359. The Morgan fingerprint density at radius 2 is 2.14 bits per heavy atom.